The molecule has 0 unspecified atom stereocenters. The Morgan fingerprint density at radius 1 is 1.37 bits per heavy atom. The number of benzene rings is 1. The molecule has 1 saturated heterocycles. The van der Waals surface area contributed by atoms with Gasteiger partial charge < -0.3 is 10.2 Å². The topological polar surface area (TPSA) is 49.4 Å². The molecular weight excluding hydrogens is 240 g/mol. The van der Waals surface area contributed by atoms with Crippen LogP contribution in [-0.4, -0.2) is 29.8 Å². The summed E-state index contributed by atoms with van der Waals surface area (Å²) in [5.74, 6) is -0.0391. The Morgan fingerprint density at radius 2 is 2.16 bits per heavy atom. The Labute approximate surface area is 113 Å². The van der Waals surface area contributed by atoms with Crippen molar-refractivity contribution in [2.75, 3.05) is 18.4 Å². The van der Waals surface area contributed by atoms with Crippen LogP contribution in [0.15, 0.2) is 24.3 Å². The molecule has 1 N–H and O–H groups in total. The Hall–Kier alpha value is -1.84. The molecule has 1 heterocycles. The molecule has 1 atom stereocenters. The van der Waals surface area contributed by atoms with E-state index in [9.17, 15) is 9.59 Å². The van der Waals surface area contributed by atoms with Crippen LogP contribution in [0.5, 0.6) is 0 Å². The van der Waals surface area contributed by atoms with Gasteiger partial charge in [-0.25, -0.2) is 0 Å². The number of nitrogens with one attached hydrogen (secondary N) is 1. The van der Waals surface area contributed by atoms with E-state index in [2.05, 4.69) is 5.32 Å². The average Bonchev–Trinajstić information content (AvgIpc) is 2.39. The molecule has 0 saturated carbocycles. The van der Waals surface area contributed by atoms with Crippen molar-refractivity contribution in [3.63, 3.8) is 0 Å². The smallest absolute Gasteiger partial charge is 0.229 e. The number of carbonyl (C=O) groups excluding carboxylic acids is 2. The number of anilines is 1. The summed E-state index contributed by atoms with van der Waals surface area (Å²) in [5, 5.41) is 2.94. The maximum atomic E-state index is 12.2. The highest BCUT2D eigenvalue weighted by atomic mass is 16.2. The Bertz CT molecular complexity index is 485. The van der Waals surface area contributed by atoms with Gasteiger partial charge in [0, 0.05) is 25.7 Å². The Morgan fingerprint density at radius 3 is 2.84 bits per heavy atom. The standard InChI is InChI=1S/C15H20N2O2/c1-11-5-3-7-14(9-11)16-15(19)13-6-4-8-17(10-13)12(2)18/h3,5,7,9,13H,4,6,8,10H2,1-2H3,(H,16,19)/t13-/m1/s1. The van der Waals surface area contributed by atoms with Crippen LogP contribution in [0.2, 0.25) is 0 Å². The largest absolute Gasteiger partial charge is 0.342 e. The molecule has 1 aromatic rings. The van der Waals surface area contributed by atoms with Gasteiger partial charge in [-0.3, -0.25) is 9.59 Å². The van der Waals surface area contributed by atoms with Crippen LogP contribution in [0, 0.1) is 12.8 Å². The Balaban J connectivity index is 1.98. The molecule has 4 heteroatoms. The number of rotatable bonds is 2. The molecule has 0 bridgehead atoms. The van der Waals surface area contributed by atoms with E-state index in [-0.39, 0.29) is 17.7 Å². The van der Waals surface area contributed by atoms with Crippen LogP contribution in [0.3, 0.4) is 0 Å². The summed E-state index contributed by atoms with van der Waals surface area (Å²) in [6.45, 7) is 4.85. The summed E-state index contributed by atoms with van der Waals surface area (Å²) in [6.07, 6.45) is 1.74. The highest BCUT2D eigenvalue weighted by Gasteiger charge is 2.26. The average molecular weight is 260 g/mol. The number of aryl methyl sites for hydroxylation is 1. The molecule has 19 heavy (non-hydrogen) atoms. The lowest BCUT2D eigenvalue weighted by molar-refractivity contribution is -0.132. The molecule has 0 aromatic heterocycles. The fourth-order valence-electron chi connectivity index (χ4n) is 2.44. The van der Waals surface area contributed by atoms with Gasteiger partial charge in [-0.05, 0) is 37.5 Å². The Kier molecular flexibility index (Phi) is 4.20. The predicted molar refractivity (Wildman–Crippen MR) is 74.8 cm³/mol. The second-order valence-electron chi connectivity index (χ2n) is 5.16. The zero-order valence-electron chi connectivity index (χ0n) is 11.5. The van der Waals surface area contributed by atoms with Crippen molar-refractivity contribution in [1.29, 1.82) is 0 Å². The SMILES string of the molecule is CC(=O)N1CCC[C@@H](C(=O)Nc2cccc(C)c2)C1. The zero-order chi connectivity index (χ0) is 13.8. The number of hydrogen-bond acceptors (Lipinski definition) is 2. The van der Waals surface area contributed by atoms with E-state index in [1.807, 2.05) is 31.2 Å². The first-order valence-electron chi connectivity index (χ1n) is 6.69. The summed E-state index contributed by atoms with van der Waals surface area (Å²) >= 11 is 0. The molecule has 0 radical (unpaired) electrons. The van der Waals surface area contributed by atoms with Gasteiger partial charge in [-0.1, -0.05) is 12.1 Å². The van der Waals surface area contributed by atoms with Crippen LogP contribution in [0.1, 0.15) is 25.3 Å². The molecule has 4 nitrogen and oxygen atoms in total. The van der Waals surface area contributed by atoms with E-state index >= 15 is 0 Å². The predicted octanol–water partition coefficient (Wildman–Crippen LogP) is 2.19. The summed E-state index contributed by atoms with van der Waals surface area (Å²) in [5.41, 5.74) is 1.94. The molecule has 1 aromatic carbocycles. The van der Waals surface area contributed by atoms with E-state index in [4.69, 9.17) is 0 Å². The van der Waals surface area contributed by atoms with Crippen LogP contribution < -0.4 is 5.32 Å². The first-order chi connectivity index (χ1) is 9.06. The van der Waals surface area contributed by atoms with Crippen LogP contribution in [-0.2, 0) is 9.59 Å². The molecule has 1 fully saturated rings. The molecule has 2 rings (SSSR count). The highest BCUT2D eigenvalue weighted by molar-refractivity contribution is 5.93. The van der Waals surface area contributed by atoms with Crippen molar-refractivity contribution >= 4 is 17.5 Å². The van der Waals surface area contributed by atoms with Gasteiger partial charge in [-0.15, -0.1) is 0 Å². The summed E-state index contributed by atoms with van der Waals surface area (Å²) < 4.78 is 0. The fourth-order valence-corrected chi connectivity index (χ4v) is 2.44. The molecule has 0 aliphatic carbocycles. The minimum atomic E-state index is -0.0989. The van der Waals surface area contributed by atoms with Crippen molar-refractivity contribution in [2.45, 2.75) is 26.7 Å². The molecule has 0 spiro atoms. The molecule has 1 aliphatic heterocycles. The number of amides is 2. The van der Waals surface area contributed by atoms with Crippen molar-refractivity contribution in [1.82, 2.24) is 4.90 Å². The van der Waals surface area contributed by atoms with E-state index in [0.717, 1.165) is 30.6 Å². The second-order valence-corrected chi connectivity index (χ2v) is 5.16. The van der Waals surface area contributed by atoms with E-state index < -0.39 is 0 Å². The van der Waals surface area contributed by atoms with Gasteiger partial charge >= 0.3 is 0 Å². The minimum absolute atomic E-state index is 0.0107. The lowest BCUT2D eigenvalue weighted by Gasteiger charge is -2.31. The van der Waals surface area contributed by atoms with E-state index in [1.165, 1.54) is 0 Å². The van der Waals surface area contributed by atoms with Gasteiger partial charge in [0.15, 0.2) is 0 Å². The van der Waals surface area contributed by atoms with Crippen molar-refractivity contribution in [3.05, 3.63) is 29.8 Å². The quantitative estimate of drug-likeness (QED) is 0.886. The fraction of sp³-hybridized carbons (Fsp3) is 0.467. The second kappa shape index (κ2) is 5.87. The first-order valence-corrected chi connectivity index (χ1v) is 6.69. The van der Waals surface area contributed by atoms with Gasteiger partial charge in [0.2, 0.25) is 11.8 Å². The van der Waals surface area contributed by atoms with Crippen LogP contribution in [0.4, 0.5) is 5.69 Å². The van der Waals surface area contributed by atoms with Gasteiger partial charge in [0.05, 0.1) is 5.92 Å². The highest BCUT2D eigenvalue weighted by Crippen LogP contribution is 2.19. The molecule has 1 aliphatic rings. The van der Waals surface area contributed by atoms with E-state index in [0.29, 0.717) is 6.54 Å². The lowest BCUT2D eigenvalue weighted by Crippen LogP contribution is -2.42. The summed E-state index contributed by atoms with van der Waals surface area (Å²) in [7, 11) is 0. The number of carbonyl (C=O) groups is 2. The molecular formula is C15H20N2O2. The minimum Gasteiger partial charge on any atom is -0.342 e. The maximum Gasteiger partial charge on any atom is 0.229 e. The van der Waals surface area contributed by atoms with Crippen LogP contribution in [0.25, 0.3) is 0 Å². The van der Waals surface area contributed by atoms with E-state index in [1.54, 1.807) is 11.8 Å². The summed E-state index contributed by atoms with van der Waals surface area (Å²) in [6, 6.07) is 7.75. The van der Waals surface area contributed by atoms with Gasteiger partial charge in [0.25, 0.3) is 0 Å². The lowest BCUT2D eigenvalue weighted by atomic mass is 9.97. The monoisotopic (exact) mass is 260 g/mol. The number of nitrogens with zero attached hydrogens (tertiary/aromatic N) is 1. The number of likely N-dealkylation sites (tertiary alicyclic amines) is 1. The van der Waals surface area contributed by atoms with Crippen molar-refractivity contribution in [2.24, 2.45) is 5.92 Å². The zero-order valence-corrected chi connectivity index (χ0v) is 11.5. The van der Waals surface area contributed by atoms with Crippen LogP contribution >= 0.6 is 0 Å². The normalized spacial score (nSPS) is 19.1. The molecule has 102 valence electrons. The number of piperidine rings is 1. The third kappa shape index (κ3) is 3.56. The van der Waals surface area contributed by atoms with Crippen molar-refractivity contribution < 1.29 is 9.59 Å². The maximum absolute atomic E-state index is 12.2. The number of hydrogen-bond donors (Lipinski definition) is 1. The summed E-state index contributed by atoms with van der Waals surface area (Å²) in [4.78, 5) is 25.3. The first kappa shape index (κ1) is 13.6. The van der Waals surface area contributed by atoms with Crippen molar-refractivity contribution in [3.8, 4) is 0 Å². The third-order valence-corrected chi connectivity index (χ3v) is 3.52. The van der Waals surface area contributed by atoms with Gasteiger partial charge in [-0.2, -0.15) is 0 Å². The van der Waals surface area contributed by atoms with Gasteiger partial charge in [0.1, 0.15) is 0 Å². The third-order valence-electron chi connectivity index (χ3n) is 3.52. The molecule has 2 amide bonds.